The highest BCUT2D eigenvalue weighted by atomic mass is 16.5. The summed E-state index contributed by atoms with van der Waals surface area (Å²) in [6.07, 6.45) is 30.9. The number of rotatable bonds is 24. The summed E-state index contributed by atoms with van der Waals surface area (Å²) < 4.78 is 18.1. The van der Waals surface area contributed by atoms with E-state index in [0.29, 0.717) is 23.9 Å². The Hall–Kier alpha value is -3.08. The molecule has 8 atom stereocenters. The van der Waals surface area contributed by atoms with Crippen molar-refractivity contribution < 1.29 is 19.0 Å². The third-order valence-corrected chi connectivity index (χ3v) is 15.9. The molecule has 0 spiro atoms. The molecule has 5 nitrogen and oxygen atoms in total. The molecule has 0 radical (unpaired) electrons. The predicted octanol–water partition coefficient (Wildman–Crippen LogP) is 15.5. The van der Waals surface area contributed by atoms with Crippen LogP contribution in [0, 0.1) is 46.3 Å². The second-order valence-electron chi connectivity index (χ2n) is 20.6. The van der Waals surface area contributed by atoms with Gasteiger partial charge in [-0.1, -0.05) is 117 Å². The number of allylic oxidation sites excluding steroid dienone is 1. The first-order valence-corrected chi connectivity index (χ1v) is 25.0. The van der Waals surface area contributed by atoms with Gasteiger partial charge in [0.05, 0.1) is 18.9 Å². The Morgan fingerprint density at radius 2 is 1.42 bits per heavy atom. The molecule has 0 amide bonds. The van der Waals surface area contributed by atoms with E-state index in [-0.39, 0.29) is 12.1 Å². The van der Waals surface area contributed by atoms with E-state index in [1.54, 1.807) is 5.57 Å². The highest BCUT2D eigenvalue weighted by molar-refractivity contribution is 5.82. The highest BCUT2D eigenvalue weighted by Gasteiger charge is 2.59. The predicted molar refractivity (Wildman–Crippen MR) is 251 cm³/mol. The Morgan fingerprint density at radius 3 is 2.12 bits per heavy atom. The van der Waals surface area contributed by atoms with Crippen LogP contribution in [0.4, 0.5) is 5.69 Å². The molecule has 0 heterocycles. The molecule has 0 aromatic heterocycles. The average molecular weight is 822 g/mol. The standard InChI is InChI=1S/C55H83NO4/c1-7-8-9-10-12-15-37-59-47-28-24-45(25-29-47)56-40-43-21-26-46(27-22-43)58-38-16-13-11-14-20-53(57)60-48-33-35-54(5)44(39-48)23-30-49-51-32-31-50(42(4)19-17-18-41(2)3)55(51,6)36-34-52(49)54/h21-29,40-42,48-52H,7-20,30-39H2,1-6H3/t42-,48+,49+,50-,51+,52+,54+,55-/m1/s1. The second kappa shape index (κ2) is 22.8. The second-order valence-corrected chi connectivity index (χ2v) is 20.6. The maximum Gasteiger partial charge on any atom is 0.306 e. The lowest BCUT2D eigenvalue weighted by Gasteiger charge is -2.58. The molecule has 0 unspecified atom stereocenters. The molecule has 0 aliphatic heterocycles. The van der Waals surface area contributed by atoms with E-state index < -0.39 is 0 Å². The normalized spacial score (nSPS) is 27.9. The van der Waals surface area contributed by atoms with Crippen LogP contribution in [0.3, 0.4) is 0 Å². The summed E-state index contributed by atoms with van der Waals surface area (Å²) in [7, 11) is 0. The first-order chi connectivity index (χ1) is 29.1. The zero-order chi connectivity index (χ0) is 42.4. The van der Waals surface area contributed by atoms with E-state index in [1.165, 1.54) is 89.9 Å². The van der Waals surface area contributed by atoms with Gasteiger partial charge in [-0.2, -0.15) is 0 Å². The number of unbranched alkanes of at least 4 members (excludes halogenated alkanes) is 8. The molecular weight excluding hydrogens is 739 g/mol. The number of esters is 1. The van der Waals surface area contributed by atoms with Crippen molar-refractivity contribution in [3.63, 3.8) is 0 Å². The molecule has 0 N–H and O–H groups in total. The zero-order valence-corrected chi connectivity index (χ0v) is 38.9. The fourth-order valence-corrected chi connectivity index (χ4v) is 12.4. The van der Waals surface area contributed by atoms with Crippen molar-refractivity contribution in [1.29, 1.82) is 0 Å². The lowest BCUT2D eigenvalue weighted by atomic mass is 9.47. The lowest BCUT2D eigenvalue weighted by molar-refractivity contribution is -0.151. The molecule has 60 heavy (non-hydrogen) atoms. The van der Waals surface area contributed by atoms with E-state index in [4.69, 9.17) is 14.2 Å². The zero-order valence-electron chi connectivity index (χ0n) is 38.9. The first-order valence-electron chi connectivity index (χ1n) is 25.0. The van der Waals surface area contributed by atoms with Crippen molar-refractivity contribution >= 4 is 17.9 Å². The average Bonchev–Trinajstić information content (AvgIpc) is 3.60. The van der Waals surface area contributed by atoms with Crippen molar-refractivity contribution in [1.82, 2.24) is 0 Å². The fourth-order valence-electron chi connectivity index (χ4n) is 12.4. The van der Waals surface area contributed by atoms with Crippen LogP contribution in [0.1, 0.15) is 188 Å². The highest BCUT2D eigenvalue weighted by Crippen LogP contribution is 2.67. The molecule has 3 fully saturated rings. The van der Waals surface area contributed by atoms with Crippen LogP contribution in [-0.2, 0) is 9.53 Å². The summed E-state index contributed by atoms with van der Waals surface area (Å²) in [5.74, 6) is 6.90. The van der Waals surface area contributed by atoms with Crippen molar-refractivity contribution in [2.75, 3.05) is 13.2 Å². The minimum Gasteiger partial charge on any atom is -0.494 e. The topological polar surface area (TPSA) is 57.1 Å². The van der Waals surface area contributed by atoms with E-state index in [2.05, 4.69) is 52.6 Å². The SMILES string of the molecule is CCCCCCCCOc1ccc(N=Cc2ccc(OCCCCCCC(=O)O[C@H]3CC[C@@]4(C)C(=CC[C@H]5[C@@H]6CC[C@H]([C@H](C)CCCC(C)C)[C@@]6(C)CC[C@@H]54)C3)cc2)cc1. The Morgan fingerprint density at radius 1 is 0.750 bits per heavy atom. The van der Waals surface area contributed by atoms with Crippen LogP contribution in [0.2, 0.25) is 0 Å². The van der Waals surface area contributed by atoms with Gasteiger partial charge in [0.1, 0.15) is 17.6 Å². The van der Waals surface area contributed by atoms with Crippen LogP contribution in [0.25, 0.3) is 0 Å². The summed E-state index contributed by atoms with van der Waals surface area (Å²) in [6.45, 7) is 16.3. The number of hydrogen-bond acceptors (Lipinski definition) is 5. The molecule has 332 valence electrons. The molecule has 4 aliphatic rings. The number of benzene rings is 2. The Balaban J connectivity index is 0.830. The molecule has 6 rings (SSSR count). The van der Waals surface area contributed by atoms with Gasteiger partial charge < -0.3 is 14.2 Å². The maximum absolute atomic E-state index is 13.0. The maximum atomic E-state index is 13.0. The van der Waals surface area contributed by atoms with E-state index in [9.17, 15) is 4.79 Å². The molecule has 0 saturated heterocycles. The molecule has 0 bridgehead atoms. The summed E-state index contributed by atoms with van der Waals surface area (Å²) in [4.78, 5) is 17.6. The minimum atomic E-state index is -0.00412. The molecule has 2 aromatic carbocycles. The first kappa shape index (κ1) is 46.4. The Bertz CT molecular complexity index is 1650. The number of fused-ring (bicyclic) bond motifs is 5. The third-order valence-electron chi connectivity index (χ3n) is 15.9. The van der Waals surface area contributed by atoms with Crippen molar-refractivity contribution in [3.05, 3.63) is 65.7 Å². The van der Waals surface area contributed by atoms with E-state index in [0.717, 1.165) is 110 Å². The molecule has 4 aliphatic carbocycles. The van der Waals surface area contributed by atoms with Gasteiger partial charge >= 0.3 is 5.97 Å². The fraction of sp³-hybridized carbons (Fsp3) is 0.709. The van der Waals surface area contributed by atoms with Gasteiger partial charge in [0.25, 0.3) is 0 Å². The van der Waals surface area contributed by atoms with Crippen LogP contribution >= 0.6 is 0 Å². The van der Waals surface area contributed by atoms with Gasteiger partial charge in [-0.15, -0.1) is 0 Å². The van der Waals surface area contributed by atoms with E-state index >= 15 is 0 Å². The number of ether oxygens (including phenoxy) is 3. The van der Waals surface area contributed by atoms with E-state index in [1.807, 2.05) is 54.7 Å². The largest absolute Gasteiger partial charge is 0.494 e. The van der Waals surface area contributed by atoms with Crippen LogP contribution < -0.4 is 9.47 Å². The minimum absolute atomic E-state index is 0.00412. The Kier molecular flexibility index (Phi) is 17.7. The number of carbonyl (C=O) groups excluding carboxylic acids is 1. The summed E-state index contributed by atoms with van der Waals surface area (Å²) in [5.41, 5.74) is 4.38. The van der Waals surface area contributed by atoms with Gasteiger partial charge in [-0.05, 0) is 165 Å². The molecule has 2 aromatic rings. The van der Waals surface area contributed by atoms with Crippen molar-refractivity contribution in [2.24, 2.45) is 51.3 Å². The molecule has 5 heteroatoms. The Labute approximate surface area is 366 Å². The molecular formula is C55H83NO4. The van der Waals surface area contributed by atoms with Crippen molar-refractivity contribution in [2.45, 2.75) is 189 Å². The van der Waals surface area contributed by atoms with Gasteiger partial charge in [0.2, 0.25) is 0 Å². The summed E-state index contributed by atoms with van der Waals surface area (Å²) >= 11 is 0. The van der Waals surface area contributed by atoms with Crippen LogP contribution in [0.5, 0.6) is 11.5 Å². The third kappa shape index (κ3) is 12.5. The monoisotopic (exact) mass is 822 g/mol. The van der Waals surface area contributed by atoms with Gasteiger partial charge in [0, 0.05) is 19.1 Å². The lowest BCUT2D eigenvalue weighted by Crippen LogP contribution is -2.51. The van der Waals surface area contributed by atoms with Gasteiger partial charge in [-0.3, -0.25) is 9.79 Å². The number of carbonyl (C=O) groups is 1. The summed E-state index contributed by atoms with van der Waals surface area (Å²) in [6, 6.07) is 16.1. The van der Waals surface area contributed by atoms with Gasteiger partial charge in [-0.25, -0.2) is 0 Å². The molecule has 3 saturated carbocycles. The van der Waals surface area contributed by atoms with Gasteiger partial charge in [0.15, 0.2) is 0 Å². The summed E-state index contributed by atoms with van der Waals surface area (Å²) in [5, 5.41) is 0. The smallest absolute Gasteiger partial charge is 0.306 e. The van der Waals surface area contributed by atoms with Crippen molar-refractivity contribution in [3.8, 4) is 11.5 Å². The van der Waals surface area contributed by atoms with Crippen LogP contribution in [-0.4, -0.2) is 31.5 Å². The number of aliphatic imine (C=N–C) groups is 1. The number of nitrogens with zero attached hydrogens (tertiary/aromatic N) is 1. The van der Waals surface area contributed by atoms with Crippen LogP contribution in [0.15, 0.2) is 65.2 Å². The number of hydrogen-bond donors (Lipinski definition) is 0. The quantitative estimate of drug-likeness (QED) is 0.0458.